The Balaban J connectivity index is 1.93. The number of aromatic nitrogens is 2. The molecular formula is C12H10N4O4S. The summed E-state index contributed by atoms with van der Waals surface area (Å²) in [5.41, 5.74) is -0.420. The highest BCUT2D eigenvalue weighted by atomic mass is 32.1. The minimum Gasteiger partial charge on any atom is -0.493 e. The molecule has 8 nitrogen and oxygen atoms in total. The third-order valence-corrected chi connectivity index (χ3v) is 2.89. The van der Waals surface area contributed by atoms with E-state index in [1.165, 1.54) is 0 Å². The van der Waals surface area contributed by atoms with Gasteiger partial charge >= 0.3 is 0 Å². The van der Waals surface area contributed by atoms with Crippen LogP contribution < -0.4 is 15.0 Å². The maximum absolute atomic E-state index is 11.6. The van der Waals surface area contributed by atoms with E-state index in [-0.39, 0.29) is 10.5 Å². The van der Waals surface area contributed by atoms with Crippen molar-refractivity contribution in [3.05, 3.63) is 33.3 Å². The molecule has 21 heavy (non-hydrogen) atoms. The number of fused-ring (bicyclic) bond motifs is 1. The van der Waals surface area contributed by atoms with Crippen molar-refractivity contribution in [1.29, 1.82) is 0 Å². The van der Waals surface area contributed by atoms with E-state index in [1.807, 2.05) is 0 Å². The lowest BCUT2D eigenvalue weighted by Gasteiger charge is -2.17. The molecule has 108 valence electrons. The fourth-order valence-electron chi connectivity index (χ4n) is 1.76. The standard InChI is InChI=1S/C12H10N4O4S/c17-10-9(11(18)14-12(21)13-10)16-15-6-1-2-7-8(5-6)20-4-3-19-7/h1-2,5H,3-4H2,(H3,13,14,17,18,21). The van der Waals surface area contributed by atoms with Gasteiger partial charge in [-0.1, -0.05) is 0 Å². The molecule has 1 aromatic heterocycles. The van der Waals surface area contributed by atoms with Crippen molar-refractivity contribution in [1.82, 2.24) is 9.97 Å². The van der Waals surface area contributed by atoms with Crippen LogP contribution in [0.1, 0.15) is 0 Å². The second-order valence-electron chi connectivity index (χ2n) is 4.13. The summed E-state index contributed by atoms with van der Waals surface area (Å²) < 4.78 is 10.8. The first-order valence-electron chi connectivity index (χ1n) is 6.00. The fraction of sp³-hybridized carbons (Fsp3) is 0.167. The van der Waals surface area contributed by atoms with Crippen molar-refractivity contribution < 1.29 is 14.6 Å². The van der Waals surface area contributed by atoms with Gasteiger partial charge in [-0.15, -0.1) is 5.11 Å². The molecule has 1 aromatic carbocycles. The van der Waals surface area contributed by atoms with E-state index in [1.54, 1.807) is 18.2 Å². The number of ether oxygens (including phenoxy) is 2. The summed E-state index contributed by atoms with van der Waals surface area (Å²) in [6.07, 6.45) is 0. The van der Waals surface area contributed by atoms with Gasteiger partial charge < -0.3 is 19.6 Å². The van der Waals surface area contributed by atoms with E-state index in [2.05, 4.69) is 20.2 Å². The van der Waals surface area contributed by atoms with Crippen LogP contribution in [0.5, 0.6) is 17.4 Å². The number of hydrogen-bond donors (Lipinski definition) is 3. The first kappa shape index (κ1) is 13.3. The highest BCUT2D eigenvalue weighted by Crippen LogP contribution is 2.34. The Morgan fingerprint density at radius 1 is 1.14 bits per heavy atom. The number of rotatable bonds is 2. The summed E-state index contributed by atoms with van der Waals surface area (Å²) in [7, 11) is 0. The Bertz CT molecular complexity index is 827. The summed E-state index contributed by atoms with van der Waals surface area (Å²) in [6, 6.07) is 4.99. The third-order valence-electron chi connectivity index (χ3n) is 2.69. The molecule has 0 saturated heterocycles. The maximum atomic E-state index is 11.6. The zero-order valence-corrected chi connectivity index (χ0v) is 11.4. The zero-order chi connectivity index (χ0) is 14.8. The van der Waals surface area contributed by atoms with Crippen LogP contribution in [0.4, 0.5) is 11.4 Å². The van der Waals surface area contributed by atoms with E-state index >= 15 is 0 Å². The van der Waals surface area contributed by atoms with E-state index < -0.39 is 11.4 Å². The molecule has 2 heterocycles. The van der Waals surface area contributed by atoms with Gasteiger partial charge in [-0.25, -0.2) is 0 Å². The Morgan fingerprint density at radius 2 is 1.90 bits per heavy atom. The van der Waals surface area contributed by atoms with Crippen molar-refractivity contribution in [2.75, 3.05) is 13.2 Å². The average Bonchev–Trinajstić information content (AvgIpc) is 2.46. The molecule has 0 aliphatic carbocycles. The first-order valence-corrected chi connectivity index (χ1v) is 6.41. The number of nitrogens with zero attached hydrogens (tertiary/aromatic N) is 2. The predicted octanol–water partition coefficient (Wildman–Crippen LogP) is 2.32. The van der Waals surface area contributed by atoms with Crippen LogP contribution in [0.2, 0.25) is 0 Å². The van der Waals surface area contributed by atoms with Crippen LogP contribution in [0.3, 0.4) is 0 Å². The minimum atomic E-state index is -0.627. The predicted molar refractivity (Wildman–Crippen MR) is 75.5 cm³/mol. The molecule has 0 unspecified atom stereocenters. The topological polar surface area (TPSA) is 112 Å². The lowest BCUT2D eigenvalue weighted by atomic mass is 10.2. The molecule has 1 aliphatic heterocycles. The number of aromatic hydroxyl groups is 1. The monoisotopic (exact) mass is 306 g/mol. The number of azo groups is 1. The Morgan fingerprint density at radius 3 is 2.67 bits per heavy atom. The molecule has 0 spiro atoms. The fourth-order valence-corrected chi connectivity index (χ4v) is 1.95. The number of hydrogen-bond acceptors (Lipinski definition) is 7. The van der Waals surface area contributed by atoms with E-state index in [4.69, 9.17) is 21.7 Å². The molecule has 3 rings (SSSR count). The van der Waals surface area contributed by atoms with Crippen LogP contribution in [-0.4, -0.2) is 28.3 Å². The van der Waals surface area contributed by atoms with Gasteiger partial charge in [-0.2, -0.15) is 5.11 Å². The average molecular weight is 306 g/mol. The Hall–Kier alpha value is -2.68. The summed E-state index contributed by atoms with van der Waals surface area (Å²) in [5.74, 6) is 0.748. The molecule has 0 atom stereocenters. The van der Waals surface area contributed by atoms with E-state index in [0.29, 0.717) is 30.4 Å². The molecule has 9 heteroatoms. The van der Waals surface area contributed by atoms with Crippen LogP contribution >= 0.6 is 12.2 Å². The summed E-state index contributed by atoms with van der Waals surface area (Å²) in [5, 5.41) is 17.2. The van der Waals surface area contributed by atoms with Crippen LogP contribution in [0, 0.1) is 4.77 Å². The second-order valence-corrected chi connectivity index (χ2v) is 4.54. The minimum absolute atomic E-state index is 0.00998. The van der Waals surface area contributed by atoms with E-state index in [0.717, 1.165) is 0 Å². The van der Waals surface area contributed by atoms with Gasteiger partial charge in [-0.05, 0) is 24.4 Å². The number of aromatic amines is 2. The molecule has 0 saturated carbocycles. The first-order chi connectivity index (χ1) is 10.1. The van der Waals surface area contributed by atoms with Gasteiger partial charge in [0.2, 0.25) is 11.6 Å². The normalized spacial score (nSPS) is 13.5. The van der Waals surface area contributed by atoms with Crippen molar-refractivity contribution in [3.8, 4) is 17.4 Å². The van der Waals surface area contributed by atoms with Crippen molar-refractivity contribution in [2.24, 2.45) is 10.2 Å². The summed E-state index contributed by atoms with van der Waals surface area (Å²) in [6.45, 7) is 0.962. The molecule has 1 aliphatic rings. The van der Waals surface area contributed by atoms with Gasteiger partial charge in [0, 0.05) is 6.07 Å². The van der Waals surface area contributed by atoms with Crippen molar-refractivity contribution >= 4 is 23.6 Å². The third kappa shape index (κ3) is 2.77. The van der Waals surface area contributed by atoms with Gasteiger partial charge in [-0.3, -0.25) is 9.78 Å². The maximum Gasteiger partial charge on any atom is 0.283 e. The molecular weight excluding hydrogens is 296 g/mol. The quantitative estimate of drug-likeness (QED) is 0.582. The summed E-state index contributed by atoms with van der Waals surface area (Å²) in [4.78, 5) is 16.3. The zero-order valence-electron chi connectivity index (χ0n) is 10.6. The van der Waals surface area contributed by atoms with Crippen LogP contribution in [0.15, 0.2) is 33.2 Å². The SMILES string of the molecule is O=c1[nH]c(=S)[nH]c(O)c1N=Nc1ccc2c(c1)OCCO2. The second kappa shape index (κ2) is 5.37. The molecule has 0 bridgehead atoms. The van der Waals surface area contributed by atoms with E-state index in [9.17, 15) is 9.90 Å². The highest BCUT2D eigenvalue weighted by Gasteiger charge is 2.12. The summed E-state index contributed by atoms with van der Waals surface area (Å²) >= 11 is 4.72. The Kier molecular flexibility index (Phi) is 3.40. The molecule has 0 fully saturated rings. The number of H-pyrrole nitrogens is 2. The molecule has 2 aromatic rings. The molecule has 3 N–H and O–H groups in total. The van der Waals surface area contributed by atoms with Gasteiger partial charge in [0.15, 0.2) is 16.3 Å². The highest BCUT2D eigenvalue weighted by molar-refractivity contribution is 7.71. The van der Waals surface area contributed by atoms with Crippen LogP contribution in [-0.2, 0) is 0 Å². The van der Waals surface area contributed by atoms with Gasteiger partial charge in [0.1, 0.15) is 13.2 Å². The van der Waals surface area contributed by atoms with Gasteiger partial charge in [0.05, 0.1) is 5.69 Å². The largest absolute Gasteiger partial charge is 0.493 e. The smallest absolute Gasteiger partial charge is 0.283 e. The van der Waals surface area contributed by atoms with Gasteiger partial charge in [0.25, 0.3) is 5.56 Å². The van der Waals surface area contributed by atoms with Crippen molar-refractivity contribution in [3.63, 3.8) is 0 Å². The molecule has 0 radical (unpaired) electrons. The number of nitrogens with one attached hydrogen (secondary N) is 2. The number of benzene rings is 1. The lowest BCUT2D eigenvalue weighted by molar-refractivity contribution is 0.171. The van der Waals surface area contributed by atoms with Crippen molar-refractivity contribution in [2.45, 2.75) is 0 Å². The van der Waals surface area contributed by atoms with Crippen LogP contribution in [0.25, 0.3) is 0 Å². The Labute approximate surface area is 123 Å². The lowest BCUT2D eigenvalue weighted by Crippen LogP contribution is -2.14. The molecule has 0 amide bonds.